The molecule has 29 heavy (non-hydrogen) atoms. The van der Waals surface area contributed by atoms with E-state index in [0.29, 0.717) is 13.2 Å². The second kappa shape index (κ2) is 8.29. The Morgan fingerprint density at radius 3 is 2.48 bits per heavy atom. The summed E-state index contributed by atoms with van der Waals surface area (Å²) in [6.07, 6.45) is 1.82. The number of rotatable bonds is 6. The molecule has 0 fully saturated rings. The molecule has 0 radical (unpaired) electrons. The van der Waals surface area contributed by atoms with Crippen LogP contribution in [-0.4, -0.2) is 16.7 Å². The minimum absolute atomic E-state index is 0.504. The monoisotopic (exact) mass is 450 g/mol. The molecule has 0 aliphatic heterocycles. The van der Waals surface area contributed by atoms with E-state index < -0.39 is 0 Å². The molecule has 4 rings (SSSR count). The molecule has 0 amide bonds. The van der Waals surface area contributed by atoms with Gasteiger partial charge in [0.15, 0.2) is 0 Å². The highest BCUT2D eigenvalue weighted by Gasteiger charge is 2.17. The highest BCUT2D eigenvalue weighted by molar-refractivity contribution is 9.10. The summed E-state index contributed by atoms with van der Waals surface area (Å²) in [4.78, 5) is 4.64. The predicted molar refractivity (Wildman–Crippen MR) is 120 cm³/mol. The van der Waals surface area contributed by atoms with E-state index in [1.54, 1.807) is 7.11 Å². The zero-order chi connectivity index (χ0) is 20.4. The van der Waals surface area contributed by atoms with Crippen molar-refractivity contribution in [2.75, 3.05) is 7.11 Å². The summed E-state index contributed by atoms with van der Waals surface area (Å²) in [6, 6.07) is 18.2. The Hall–Kier alpha value is -2.79. The first-order valence-electron chi connectivity index (χ1n) is 9.52. The maximum Gasteiger partial charge on any atom is 0.147 e. The zero-order valence-corrected chi connectivity index (χ0v) is 18.4. The predicted octanol–water partition coefficient (Wildman–Crippen LogP) is 6.05. The van der Waals surface area contributed by atoms with Crippen molar-refractivity contribution in [2.45, 2.75) is 27.0 Å². The summed E-state index contributed by atoms with van der Waals surface area (Å²) in [6.45, 7) is 5.44. The molecule has 2 aromatic heterocycles. The summed E-state index contributed by atoms with van der Waals surface area (Å²) in [5, 5.41) is 0. The number of pyridine rings is 1. The molecule has 0 unspecified atom stereocenters. The molecule has 4 nitrogen and oxygen atoms in total. The number of fused-ring (bicyclic) bond motifs is 1. The SMILES string of the molecule is COc1ccccc1Cn1c(C)c(C)c2nccc(OCc3ccc(Br)cc3)c21. The Labute approximate surface area is 179 Å². The van der Waals surface area contributed by atoms with Crippen LogP contribution in [0.4, 0.5) is 0 Å². The first-order chi connectivity index (χ1) is 14.1. The molecule has 5 heteroatoms. The first-order valence-corrected chi connectivity index (χ1v) is 10.3. The van der Waals surface area contributed by atoms with E-state index in [1.165, 1.54) is 11.3 Å². The van der Waals surface area contributed by atoms with Gasteiger partial charge in [-0.05, 0) is 43.2 Å². The Morgan fingerprint density at radius 1 is 0.966 bits per heavy atom. The molecule has 0 aliphatic carbocycles. The molecule has 2 aromatic carbocycles. The molecule has 4 aromatic rings. The number of para-hydroxylation sites is 1. The minimum atomic E-state index is 0.504. The van der Waals surface area contributed by atoms with E-state index in [1.807, 2.05) is 42.6 Å². The van der Waals surface area contributed by atoms with Crippen LogP contribution >= 0.6 is 15.9 Å². The average molecular weight is 451 g/mol. The summed E-state index contributed by atoms with van der Waals surface area (Å²) >= 11 is 3.47. The lowest BCUT2D eigenvalue weighted by Crippen LogP contribution is -2.05. The van der Waals surface area contributed by atoms with E-state index in [9.17, 15) is 0 Å². The largest absolute Gasteiger partial charge is 0.496 e. The van der Waals surface area contributed by atoms with Crippen LogP contribution in [-0.2, 0) is 13.2 Å². The summed E-state index contributed by atoms with van der Waals surface area (Å²) in [7, 11) is 1.71. The second-order valence-electron chi connectivity index (χ2n) is 7.03. The summed E-state index contributed by atoms with van der Waals surface area (Å²) in [5.74, 6) is 1.72. The average Bonchev–Trinajstić information content (AvgIpc) is 2.99. The van der Waals surface area contributed by atoms with Gasteiger partial charge >= 0.3 is 0 Å². The van der Waals surface area contributed by atoms with E-state index in [0.717, 1.165) is 38.1 Å². The quantitative estimate of drug-likeness (QED) is 0.358. The number of halogens is 1. The van der Waals surface area contributed by atoms with Gasteiger partial charge in [0.2, 0.25) is 0 Å². The fourth-order valence-corrected chi connectivity index (χ4v) is 3.84. The maximum absolute atomic E-state index is 6.24. The Morgan fingerprint density at radius 2 is 1.72 bits per heavy atom. The highest BCUT2D eigenvalue weighted by Crippen LogP contribution is 2.33. The lowest BCUT2D eigenvalue weighted by molar-refractivity contribution is 0.308. The van der Waals surface area contributed by atoms with E-state index >= 15 is 0 Å². The van der Waals surface area contributed by atoms with Crippen molar-refractivity contribution in [1.29, 1.82) is 0 Å². The molecule has 2 heterocycles. The van der Waals surface area contributed by atoms with E-state index in [4.69, 9.17) is 9.47 Å². The van der Waals surface area contributed by atoms with Gasteiger partial charge < -0.3 is 14.0 Å². The zero-order valence-electron chi connectivity index (χ0n) is 16.8. The molecule has 0 saturated carbocycles. The molecule has 0 spiro atoms. The molecular formula is C24H23BrN2O2. The molecule has 0 aliphatic rings. The molecule has 0 N–H and O–H groups in total. The molecule has 0 atom stereocenters. The van der Waals surface area contributed by atoms with Crippen LogP contribution < -0.4 is 9.47 Å². The number of nitrogens with zero attached hydrogens (tertiary/aromatic N) is 2. The van der Waals surface area contributed by atoms with E-state index in [-0.39, 0.29) is 0 Å². The summed E-state index contributed by atoms with van der Waals surface area (Å²) < 4.78 is 15.1. The number of benzene rings is 2. The number of hydrogen-bond donors (Lipinski definition) is 0. The van der Waals surface area contributed by atoms with Gasteiger partial charge in [0.1, 0.15) is 23.6 Å². The van der Waals surface area contributed by atoms with Gasteiger partial charge in [0.05, 0.1) is 19.2 Å². The van der Waals surface area contributed by atoms with E-state index in [2.05, 4.69) is 57.5 Å². The topological polar surface area (TPSA) is 36.3 Å². The number of hydrogen-bond acceptors (Lipinski definition) is 3. The standard InChI is InChI=1S/C24H23BrN2O2/c1-16-17(2)27(14-19-6-4-5-7-21(19)28-3)24-22(12-13-26-23(16)24)29-15-18-8-10-20(25)11-9-18/h4-13H,14-15H2,1-3H3. The third-order valence-electron chi connectivity index (χ3n) is 5.29. The molecular weight excluding hydrogens is 428 g/mol. The fourth-order valence-electron chi connectivity index (χ4n) is 3.57. The fraction of sp³-hybridized carbons (Fsp3) is 0.208. The van der Waals surface area contributed by atoms with Crippen LogP contribution in [0.1, 0.15) is 22.4 Å². The number of aryl methyl sites for hydroxylation is 1. The summed E-state index contributed by atoms with van der Waals surface area (Å²) in [5.41, 5.74) is 6.59. The van der Waals surface area contributed by atoms with Crippen LogP contribution in [0.3, 0.4) is 0 Å². The van der Waals surface area contributed by atoms with Crippen LogP contribution in [0.2, 0.25) is 0 Å². The smallest absolute Gasteiger partial charge is 0.147 e. The van der Waals surface area contributed by atoms with Crippen molar-refractivity contribution in [3.8, 4) is 11.5 Å². The maximum atomic E-state index is 6.24. The third kappa shape index (κ3) is 3.87. The Kier molecular flexibility index (Phi) is 5.58. The van der Waals surface area contributed by atoms with Crippen LogP contribution in [0.5, 0.6) is 11.5 Å². The number of aromatic nitrogens is 2. The van der Waals surface area contributed by atoms with Crippen molar-refractivity contribution in [1.82, 2.24) is 9.55 Å². The van der Waals surface area contributed by atoms with Crippen molar-refractivity contribution < 1.29 is 9.47 Å². The second-order valence-corrected chi connectivity index (χ2v) is 7.95. The van der Waals surface area contributed by atoms with Gasteiger partial charge in [-0.2, -0.15) is 0 Å². The van der Waals surface area contributed by atoms with Crippen molar-refractivity contribution in [3.63, 3.8) is 0 Å². The van der Waals surface area contributed by atoms with Crippen molar-refractivity contribution >= 4 is 27.0 Å². The van der Waals surface area contributed by atoms with Gasteiger partial charge in [0, 0.05) is 28.0 Å². The van der Waals surface area contributed by atoms with Gasteiger partial charge in [-0.25, -0.2) is 0 Å². The van der Waals surface area contributed by atoms with Gasteiger partial charge in [-0.1, -0.05) is 46.3 Å². The molecule has 0 saturated heterocycles. The van der Waals surface area contributed by atoms with Crippen LogP contribution in [0.15, 0.2) is 65.3 Å². The van der Waals surface area contributed by atoms with Crippen LogP contribution in [0.25, 0.3) is 11.0 Å². The lowest BCUT2D eigenvalue weighted by Gasteiger charge is -2.14. The Balaban J connectivity index is 1.74. The third-order valence-corrected chi connectivity index (χ3v) is 5.82. The van der Waals surface area contributed by atoms with Gasteiger partial charge in [-0.3, -0.25) is 4.98 Å². The normalized spacial score (nSPS) is 11.0. The number of methoxy groups -OCH3 is 1. The molecule has 148 valence electrons. The van der Waals surface area contributed by atoms with Gasteiger partial charge in [0.25, 0.3) is 0 Å². The molecule has 0 bridgehead atoms. The van der Waals surface area contributed by atoms with Gasteiger partial charge in [-0.15, -0.1) is 0 Å². The lowest BCUT2D eigenvalue weighted by atomic mass is 10.2. The first kappa shape index (κ1) is 19.5. The van der Waals surface area contributed by atoms with Crippen molar-refractivity contribution in [3.05, 3.63) is 87.7 Å². The number of ether oxygens (including phenoxy) is 2. The minimum Gasteiger partial charge on any atom is -0.496 e. The van der Waals surface area contributed by atoms with Crippen LogP contribution in [0, 0.1) is 13.8 Å². The van der Waals surface area contributed by atoms with Crippen molar-refractivity contribution in [2.24, 2.45) is 0 Å². The Bertz CT molecular complexity index is 1150. The highest BCUT2D eigenvalue weighted by atomic mass is 79.9.